The Balaban J connectivity index is 1.70. The van der Waals surface area contributed by atoms with E-state index < -0.39 is 0 Å². The van der Waals surface area contributed by atoms with E-state index in [1.165, 1.54) is 18.9 Å². The second-order valence-electron chi connectivity index (χ2n) is 5.18. The molecule has 0 bridgehead atoms. The Hall–Kier alpha value is -2.04. The molecule has 0 unspecified atom stereocenters. The molecule has 1 aromatic carbocycles. The number of halogens is 1. The summed E-state index contributed by atoms with van der Waals surface area (Å²) in [6, 6.07) is 4.81. The number of fused-ring (bicyclic) bond motifs is 1. The van der Waals surface area contributed by atoms with E-state index in [-0.39, 0.29) is 11.5 Å². The minimum absolute atomic E-state index is 0.187. The third kappa shape index (κ3) is 2.76. The highest BCUT2D eigenvalue weighted by Crippen LogP contribution is 2.17. The van der Waals surface area contributed by atoms with E-state index in [1.54, 1.807) is 12.1 Å². The third-order valence-corrected chi connectivity index (χ3v) is 3.66. The summed E-state index contributed by atoms with van der Waals surface area (Å²) in [5.41, 5.74) is 8.88. The van der Waals surface area contributed by atoms with Gasteiger partial charge in [0.1, 0.15) is 5.82 Å². The van der Waals surface area contributed by atoms with E-state index in [9.17, 15) is 4.39 Å². The second-order valence-corrected chi connectivity index (χ2v) is 5.18. The molecule has 3 rings (SSSR count). The molecule has 0 radical (unpaired) electrons. The van der Waals surface area contributed by atoms with Crippen LogP contribution in [0.2, 0.25) is 0 Å². The van der Waals surface area contributed by atoms with Gasteiger partial charge in [0.2, 0.25) is 0 Å². The van der Waals surface area contributed by atoms with Gasteiger partial charge in [-0.3, -0.25) is 0 Å². The lowest BCUT2D eigenvalue weighted by atomic mass is 10.0. The topological polar surface area (TPSA) is 64.7 Å². The van der Waals surface area contributed by atoms with Crippen LogP contribution in [0.1, 0.15) is 35.6 Å². The molecule has 0 atom stereocenters. The van der Waals surface area contributed by atoms with Gasteiger partial charge < -0.3 is 5.73 Å². The Morgan fingerprint density at radius 2 is 1.85 bits per heavy atom. The zero-order chi connectivity index (χ0) is 13.9. The summed E-state index contributed by atoms with van der Waals surface area (Å²) in [4.78, 5) is 4.59. The normalized spacial score (nSPS) is 14.1. The van der Waals surface area contributed by atoms with Crippen LogP contribution in [0.5, 0.6) is 0 Å². The van der Waals surface area contributed by atoms with Crippen LogP contribution in [-0.4, -0.2) is 15.2 Å². The van der Waals surface area contributed by atoms with E-state index in [2.05, 4.69) is 15.2 Å². The Morgan fingerprint density at radius 1 is 1.05 bits per heavy atom. The Labute approximate surface area is 117 Å². The zero-order valence-corrected chi connectivity index (χ0v) is 11.3. The van der Waals surface area contributed by atoms with Crippen LogP contribution >= 0.6 is 0 Å². The second kappa shape index (κ2) is 5.53. The Kier molecular flexibility index (Phi) is 3.58. The van der Waals surface area contributed by atoms with Crippen LogP contribution in [0.4, 0.5) is 10.1 Å². The summed E-state index contributed by atoms with van der Waals surface area (Å²) < 4.78 is 13.1. The van der Waals surface area contributed by atoms with Crippen LogP contribution in [0.15, 0.2) is 18.2 Å². The van der Waals surface area contributed by atoms with E-state index in [1.807, 2.05) is 0 Å². The predicted molar refractivity (Wildman–Crippen MR) is 74.7 cm³/mol. The van der Waals surface area contributed by atoms with Crippen LogP contribution in [0.25, 0.3) is 0 Å². The fourth-order valence-corrected chi connectivity index (χ4v) is 2.51. The van der Waals surface area contributed by atoms with Gasteiger partial charge in [-0.15, -0.1) is 5.10 Å². The number of hydrogen-bond acceptors (Lipinski definition) is 4. The first-order valence-electron chi connectivity index (χ1n) is 6.97. The van der Waals surface area contributed by atoms with Gasteiger partial charge in [0.05, 0.1) is 17.1 Å². The van der Waals surface area contributed by atoms with Gasteiger partial charge >= 0.3 is 0 Å². The van der Waals surface area contributed by atoms with Gasteiger partial charge in [-0.25, -0.2) is 9.37 Å². The maximum absolute atomic E-state index is 13.1. The SMILES string of the molecule is Nc1cc(CCc2nnc3c(n2)CCCC3)ccc1F. The summed E-state index contributed by atoms with van der Waals surface area (Å²) in [5.74, 6) is 0.383. The molecule has 1 aromatic heterocycles. The average Bonchev–Trinajstić information content (AvgIpc) is 2.48. The summed E-state index contributed by atoms with van der Waals surface area (Å²) in [6.07, 6.45) is 5.79. The molecule has 0 aliphatic heterocycles. The third-order valence-electron chi connectivity index (χ3n) is 3.66. The summed E-state index contributed by atoms with van der Waals surface area (Å²) >= 11 is 0. The average molecular weight is 272 g/mol. The molecule has 1 aliphatic rings. The Morgan fingerprint density at radius 3 is 2.65 bits per heavy atom. The molecular formula is C15H17FN4. The molecule has 0 saturated carbocycles. The van der Waals surface area contributed by atoms with E-state index in [0.717, 1.165) is 42.0 Å². The summed E-state index contributed by atoms with van der Waals surface area (Å²) in [6.45, 7) is 0. The van der Waals surface area contributed by atoms with Crippen LogP contribution in [-0.2, 0) is 25.7 Å². The van der Waals surface area contributed by atoms with Crippen molar-refractivity contribution in [3.05, 3.63) is 46.8 Å². The van der Waals surface area contributed by atoms with Crippen molar-refractivity contribution in [2.45, 2.75) is 38.5 Å². The lowest BCUT2D eigenvalue weighted by molar-refractivity contribution is 0.616. The highest BCUT2D eigenvalue weighted by molar-refractivity contribution is 5.42. The van der Waals surface area contributed by atoms with Crippen molar-refractivity contribution in [1.29, 1.82) is 0 Å². The summed E-state index contributed by atoms with van der Waals surface area (Å²) in [7, 11) is 0. The molecule has 104 valence electrons. The lowest BCUT2D eigenvalue weighted by Crippen LogP contribution is -2.12. The molecule has 1 aliphatic carbocycles. The molecule has 0 amide bonds. The van der Waals surface area contributed by atoms with Gasteiger partial charge in [-0.1, -0.05) is 6.07 Å². The first-order chi connectivity index (χ1) is 9.72. The van der Waals surface area contributed by atoms with Gasteiger partial charge in [0.25, 0.3) is 0 Å². The molecule has 0 fully saturated rings. The van der Waals surface area contributed by atoms with E-state index in [4.69, 9.17) is 5.73 Å². The predicted octanol–water partition coefficient (Wildman–Crippen LogP) is 2.26. The number of nitrogens with two attached hydrogens (primary N) is 1. The zero-order valence-electron chi connectivity index (χ0n) is 11.3. The van der Waals surface area contributed by atoms with Gasteiger partial charge in [-0.05, 0) is 49.8 Å². The standard InChI is InChI=1S/C15H17FN4/c16-11-7-5-10(9-12(11)17)6-8-15-18-13-3-1-2-4-14(13)19-20-15/h5,7,9H,1-4,6,8,17H2. The van der Waals surface area contributed by atoms with Crippen LogP contribution < -0.4 is 5.73 Å². The minimum atomic E-state index is -0.375. The molecule has 2 N–H and O–H groups in total. The number of hydrogen-bond donors (Lipinski definition) is 1. The van der Waals surface area contributed by atoms with Crippen LogP contribution in [0, 0.1) is 5.82 Å². The summed E-state index contributed by atoms with van der Waals surface area (Å²) in [5, 5.41) is 8.45. The number of aryl methyl sites for hydroxylation is 4. The molecule has 2 aromatic rings. The van der Waals surface area contributed by atoms with Gasteiger partial charge in [0, 0.05) is 6.42 Å². The first-order valence-corrected chi connectivity index (χ1v) is 6.97. The molecule has 0 spiro atoms. The van der Waals surface area contributed by atoms with E-state index in [0.29, 0.717) is 6.42 Å². The van der Waals surface area contributed by atoms with Crippen molar-refractivity contribution in [1.82, 2.24) is 15.2 Å². The number of aromatic nitrogens is 3. The highest BCUT2D eigenvalue weighted by atomic mass is 19.1. The molecular weight excluding hydrogens is 255 g/mol. The maximum Gasteiger partial charge on any atom is 0.151 e. The monoisotopic (exact) mass is 272 g/mol. The van der Waals surface area contributed by atoms with Crippen molar-refractivity contribution >= 4 is 5.69 Å². The number of rotatable bonds is 3. The number of nitrogen functional groups attached to an aromatic ring is 1. The molecule has 0 saturated heterocycles. The van der Waals surface area contributed by atoms with Crippen molar-refractivity contribution < 1.29 is 4.39 Å². The number of benzene rings is 1. The van der Waals surface area contributed by atoms with Crippen LogP contribution in [0.3, 0.4) is 0 Å². The first kappa shape index (κ1) is 13.0. The van der Waals surface area contributed by atoms with Crippen molar-refractivity contribution in [3.63, 3.8) is 0 Å². The number of nitrogens with zero attached hydrogens (tertiary/aromatic N) is 3. The quantitative estimate of drug-likeness (QED) is 0.870. The Bertz CT molecular complexity index is 627. The molecule has 20 heavy (non-hydrogen) atoms. The van der Waals surface area contributed by atoms with Crippen molar-refractivity contribution in [2.75, 3.05) is 5.73 Å². The van der Waals surface area contributed by atoms with Gasteiger partial charge in [0.15, 0.2) is 5.82 Å². The minimum Gasteiger partial charge on any atom is -0.396 e. The molecule has 1 heterocycles. The number of anilines is 1. The lowest BCUT2D eigenvalue weighted by Gasteiger charge is -2.13. The molecule has 5 heteroatoms. The highest BCUT2D eigenvalue weighted by Gasteiger charge is 2.13. The fraction of sp³-hybridized carbons (Fsp3) is 0.400. The van der Waals surface area contributed by atoms with Crippen molar-refractivity contribution in [2.24, 2.45) is 0 Å². The smallest absolute Gasteiger partial charge is 0.151 e. The van der Waals surface area contributed by atoms with Gasteiger partial charge in [-0.2, -0.15) is 5.10 Å². The fourth-order valence-electron chi connectivity index (χ4n) is 2.51. The van der Waals surface area contributed by atoms with E-state index >= 15 is 0 Å². The maximum atomic E-state index is 13.1. The molecule has 4 nitrogen and oxygen atoms in total. The van der Waals surface area contributed by atoms with Crippen molar-refractivity contribution in [3.8, 4) is 0 Å². The largest absolute Gasteiger partial charge is 0.396 e.